The number of hydrogen-bond acceptors (Lipinski definition) is 2. The van der Waals surface area contributed by atoms with Gasteiger partial charge in [-0.05, 0) is 18.4 Å². The highest BCUT2D eigenvalue weighted by Gasteiger charge is 2.38. The number of hydrogen-bond donors (Lipinski definition) is 1. The molecule has 2 aliphatic rings. The van der Waals surface area contributed by atoms with Crippen molar-refractivity contribution >= 4 is 0 Å². The Bertz CT molecular complexity index is 604. The van der Waals surface area contributed by atoms with Crippen LogP contribution in [-0.4, -0.2) is 20.8 Å². The minimum absolute atomic E-state index is 0.180. The number of nitrogens with zero attached hydrogens (tertiary/aromatic N) is 2. The highest BCUT2D eigenvalue weighted by atomic mass is 16.3. The minimum atomic E-state index is -0.180. The van der Waals surface area contributed by atoms with Gasteiger partial charge in [0.1, 0.15) is 0 Å². The van der Waals surface area contributed by atoms with Gasteiger partial charge in [-0.3, -0.25) is 0 Å². The van der Waals surface area contributed by atoms with Crippen molar-refractivity contribution in [1.29, 1.82) is 0 Å². The first kappa shape index (κ1) is 11.2. The first-order valence-corrected chi connectivity index (χ1v) is 7.15. The maximum absolute atomic E-state index is 10.4. The summed E-state index contributed by atoms with van der Waals surface area (Å²) in [5.41, 5.74) is 3.83. The predicted molar refractivity (Wildman–Crippen MR) is 73.8 cm³/mol. The van der Waals surface area contributed by atoms with Crippen LogP contribution in [-0.2, 0) is 0 Å². The summed E-state index contributed by atoms with van der Waals surface area (Å²) in [6.45, 7) is 0. The fourth-order valence-electron chi connectivity index (χ4n) is 3.82. The lowest BCUT2D eigenvalue weighted by atomic mass is 9.79. The molecule has 1 aromatic heterocycles. The Hall–Kier alpha value is -1.61. The summed E-state index contributed by atoms with van der Waals surface area (Å²) in [4.78, 5) is 4.29. The molecular formula is C16H18N2O. The van der Waals surface area contributed by atoms with Crippen LogP contribution in [0.1, 0.15) is 37.3 Å². The fraction of sp³-hybridized carbons (Fsp3) is 0.438. The Morgan fingerprint density at radius 1 is 1.16 bits per heavy atom. The van der Waals surface area contributed by atoms with Crippen LogP contribution < -0.4 is 0 Å². The monoisotopic (exact) mass is 254 g/mol. The number of imidazole rings is 1. The Labute approximate surface area is 112 Å². The lowest BCUT2D eigenvalue weighted by Gasteiger charge is -2.33. The van der Waals surface area contributed by atoms with Crippen LogP contribution in [0.25, 0.3) is 11.3 Å². The number of fused-ring (bicyclic) bond motifs is 3. The second-order valence-corrected chi connectivity index (χ2v) is 5.73. The molecule has 19 heavy (non-hydrogen) atoms. The number of rotatable bonds is 1. The first-order chi connectivity index (χ1) is 9.36. The van der Waals surface area contributed by atoms with Crippen molar-refractivity contribution in [3.05, 3.63) is 42.4 Å². The molecule has 1 saturated carbocycles. The van der Waals surface area contributed by atoms with Gasteiger partial charge in [-0.2, -0.15) is 0 Å². The summed E-state index contributed by atoms with van der Waals surface area (Å²) in [7, 11) is 0. The predicted octanol–water partition coefficient (Wildman–Crippen LogP) is 3.00. The lowest BCUT2D eigenvalue weighted by Crippen LogP contribution is -2.31. The van der Waals surface area contributed by atoms with Gasteiger partial charge in [0.2, 0.25) is 0 Å². The summed E-state index contributed by atoms with van der Waals surface area (Å²) in [5, 5.41) is 10.4. The molecule has 1 fully saturated rings. The molecule has 0 radical (unpaired) electrons. The van der Waals surface area contributed by atoms with E-state index in [4.69, 9.17) is 0 Å². The Morgan fingerprint density at radius 3 is 2.89 bits per heavy atom. The van der Waals surface area contributed by atoms with Crippen LogP contribution in [0, 0.1) is 5.92 Å². The van der Waals surface area contributed by atoms with Gasteiger partial charge in [-0.25, -0.2) is 4.98 Å². The third-order valence-corrected chi connectivity index (χ3v) is 4.71. The number of benzene rings is 1. The smallest absolute Gasteiger partial charge is 0.0956 e. The molecule has 2 aromatic rings. The van der Waals surface area contributed by atoms with Crippen LogP contribution in [0.4, 0.5) is 0 Å². The SMILES string of the molecule is O[C@@H]1CCCCC1[C@@H]1c2ccccc2-c2cncn21. The zero-order chi connectivity index (χ0) is 12.8. The molecule has 4 rings (SSSR count). The minimum Gasteiger partial charge on any atom is -0.393 e. The first-order valence-electron chi connectivity index (χ1n) is 7.15. The Kier molecular flexibility index (Phi) is 2.49. The van der Waals surface area contributed by atoms with Crippen molar-refractivity contribution < 1.29 is 5.11 Å². The van der Waals surface area contributed by atoms with Crippen molar-refractivity contribution in [2.75, 3.05) is 0 Å². The van der Waals surface area contributed by atoms with Gasteiger partial charge in [0.05, 0.1) is 30.4 Å². The lowest BCUT2D eigenvalue weighted by molar-refractivity contribution is 0.0504. The van der Waals surface area contributed by atoms with E-state index in [2.05, 4.69) is 33.8 Å². The number of aliphatic hydroxyl groups excluding tert-OH is 1. The van der Waals surface area contributed by atoms with E-state index >= 15 is 0 Å². The molecule has 1 N–H and O–H groups in total. The van der Waals surface area contributed by atoms with E-state index < -0.39 is 0 Å². The summed E-state index contributed by atoms with van der Waals surface area (Å²) in [6, 6.07) is 8.81. The molecule has 2 heterocycles. The topological polar surface area (TPSA) is 38.1 Å². The Balaban J connectivity index is 1.84. The van der Waals surface area contributed by atoms with Crippen LogP contribution in [0.15, 0.2) is 36.8 Å². The molecular weight excluding hydrogens is 236 g/mol. The average Bonchev–Trinajstić information content (AvgIpc) is 3.00. The van der Waals surface area contributed by atoms with Gasteiger partial charge in [-0.15, -0.1) is 0 Å². The molecule has 0 amide bonds. The third kappa shape index (κ3) is 1.58. The van der Waals surface area contributed by atoms with Crippen molar-refractivity contribution in [2.45, 2.75) is 37.8 Å². The van der Waals surface area contributed by atoms with Crippen molar-refractivity contribution in [3.63, 3.8) is 0 Å². The second kappa shape index (κ2) is 4.20. The van der Waals surface area contributed by atoms with Crippen molar-refractivity contribution in [2.24, 2.45) is 5.92 Å². The van der Waals surface area contributed by atoms with E-state index in [-0.39, 0.29) is 12.1 Å². The number of aliphatic hydroxyl groups is 1. The summed E-state index contributed by atoms with van der Waals surface area (Å²) in [6.07, 6.45) is 8.11. The van der Waals surface area contributed by atoms with E-state index in [9.17, 15) is 5.11 Å². The van der Waals surface area contributed by atoms with Crippen molar-refractivity contribution in [1.82, 2.24) is 9.55 Å². The molecule has 0 bridgehead atoms. The highest BCUT2D eigenvalue weighted by Crippen LogP contribution is 2.46. The van der Waals surface area contributed by atoms with E-state index in [1.807, 2.05) is 12.5 Å². The van der Waals surface area contributed by atoms with Crippen LogP contribution in [0.2, 0.25) is 0 Å². The highest BCUT2D eigenvalue weighted by molar-refractivity contribution is 5.69. The molecule has 98 valence electrons. The van der Waals surface area contributed by atoms with E-state index in [0.717, 1.165) is 19.3 Å². The summed E-state index contributed by atoms with van der Waals surface area (Å²) >= 11 is 0. The van der Waals surface area contributed by atoms with Crippen LogP contribution in [0.5, 0.6) is 0 Å². The van der Waals surface area contributed by atoms with Crippen molar-refractivity contribution in [3.8, 4) is 11.3 Å². The molecule has 1 unspecified atom stereocenters. The van der Waals surface area contributed by atoms with E-state index in [0.29, 0.717) is 5.92 Å². The zero-order valence-corrected chi connectivity index (χ0v) is 10.9. The summed E-state index contributed by atoms with van der Waals surface area (Å²) in [5.74, 6) is 0.324. The van der Waals surface area contributed by atoms with Gasteiger partial charge < -0.3 is 9.67 Å². The number of aromatic nitrogens is 2. The van der Waals surface area contributed by atoms with E-state index in [1.165, 1.54) is 23.2 Å². The quantitative estimate of drug-likeness (QED) is 0.849. The Morgan fingerprint density at radius 2 is 2.00 bits per heavy atom. The molecule has 1 aromatic carbocycles. The molecule has 1 aliphatic carbocycles. The standard InChI is InChI=1S/C16H18N2O/c19-15-8-4-3-7-13(15)16-12-6-2-1-5-11(12)14-9-17-10-18(14)16/h1-2,5-6,9-10,13,15-16,19H,3-4,7-8H2/t13?,15-,16+/m1/s1. The van der Waals surface area contributed by atoms with Crippen LogP contribution in [0.3, 0.4) is 0 Å². The fourth-order valence-corrected chi connectivity index (χ4v) is 3.82. The maximum Gasteiger partial charge on any atom is 0.0956 e. The average molecular weight is 254 g/mol. The van der Waals surface area contributed by atoms with Crippen LogP contribution >= 0.6 is 0 Å². The molecule has 1 aliphatic heterocycles. The van der Waals surface area contributed by atoms with Gasteiger partial charge in [-0.1, -0.05) is 37.1 Å². The van der Waals surface area contributed by atoms with Gasteiger partial charge in [0.25, 0.3) is 0 Å². The second-order valence-electron chi connectivity index (χ2n) is 5.73. The molecule has 3 nitrogen and oxygen atoms in total. The van der Waals surface area contributed by atoms with Gasteiger partial charge in [0.15, 0.2) is 0 Å². The largest absolute Gasteiger partial charge is 0.393 e. The molecule has 3 heteroatoms. The normalized spacial score (nSPS) is 29.0. The summed E-state index contributed by atoms with van der Waals surface area (Å²) < 4.78 is 2.25. The van der Waals surface area contributed by atoms with E-state index in [1.54, 1.807) is 0 Å². The zero-order valence-electron chi connectivity index (χ0n) is 10.9. The third-order valence-electron chi connectivity index (χ3n) is 4.71. The van der Waals surface area contributed by atoms with Gasteiger partial charge in [0, 0.05) is 11.5 Å². The molecule has 0 spiro atoms. The molecule has 0 saturated heterocycles. The maximum atomic E-state index is 10.4. The van der Waals surface area contributed by atoms with Gasteiger partial charge >= 0.3 is 0 Å². The molecule has 3 atom stereocenters.